The molecule has 2 aromatic carbocycles. The lowest BCUT2D eigenvalue weighted by Gasteiger charge is -2.08. The molecule has 0 aliphatic rings. The highest BCUT2D eigenvalue weighted by atomic mass is 35.5. The predicted molar refractivity (Wildman–Crippen MR) is 106 cm³/mol. The van der Waals surface area contributed by atoms with Crippen molar-refractivity contribution in [2.24, 2.45) is 0 Å². The van der Waals surface area contributed by atoms with Crippen LogP contribution in [0.3, 0.4) is 0 Å². The molecular weight excluding hydrogens is 376 g/mol. The molecule has 1 aromatic heterocycles. The first-order chi connectivity index (χ1) is 13.5. The highest BCUT2D eigenvalue weighted by Crippen LogP contribution is 2.13. The quantitative estimate of drug-likeness (QED) is 0.692. The topological polar surface area (TPSA) is 94.9 Å². The van der Waals surface area contributed by atoms with Gasteiger partial charge in [-0.3, -0.25) is 14.6 Å². The summed E-state index contributed by atoms with van der Waals surface area (Å²) in [6.45, 7) is 0.315. The molecule has 0 unspecified atom stereocenters. The van der Waals surface area contributed by atoms with Crippen molar-refractivity contribution in [1.82, 2.24) is 10.3 Å². The number of hydrogen-bond acceptors (Lipinski definition) is 4. The number of aromatic nitrogens is 1. The zero-order valence-corrected chi connectivity index (χ0v) is 15.4. The van der Waals surface area contributed by atoms with E-state index < -0.39 is 11.8 Å². The summed E-state index contributed by atoms with van der Waals surface area (Å²) in [6, 6.07) is 18.6. The van der Waals surface area contributed by atoms with Crippen LogP contribution in [0.25, 0.3) is 0 Å². The third-order valence-electron chi connectivity index (χ3n) is 3.87. The Morgan fingerprint density at radius 2 is 1.82 bits per heavy atom. The van der Waals surface area contributed by atoms with E-state index in [1.54, 1.807) is 36.4 Å². The average molecular weight is 391 g/mol. The highest BCUT2D eigenvalue weighted by molar-refractivity contribution is 6.30. The molecule has 3 rings (SSSR count). The first-order valence-corrected chi connectivity index (χ1v) is 8.73. The van der Waals surface area contributed by atoms with E-state index in [9.17, 15) is 9.59 Å². The molecule has 3 aromatic rings. The first-order valence-electron chi connectivity index (χ1n) is 8.35. The van der Waals surface area contributed by atoms with Crippen molar-refractivity contribution in [2.75, 3.05) is 5.32 Å². The lowest BCUT2D eigenvalue weighted by Crippen LogP contribution is -2.24. The number of nitrogens with one attached hydrogen (secondary N) is 2. The van der Waals surface area contributed by atoms with Gasteiger partial charge in [0.1, 0.15) is 5.69 Å². The zero-order valence-electron chi connectivity index (χ0n) is 14.6. The molecule has 2 amide bonds. The summed E-state index contributed by atoms with van der Waals surface area (Å²) in [5.41, 5.74) is 2.25. The Hall–Kier alpha value is -3.69. The minimum atomic E-state index is -0.399. The van der Waals surface area contributed by atoms with E-state index >= 15 is 0 Å². The minimum absolute atomic E-state index is 0.132. The van der Waals surface area contributed by atoms with E-state index in [1.165, 1.54) is 18.3 Å². The van der Waals surface area contributed by atoms with Crippen LogP contribution in [0, 0.1) is 11.3 Å². The number of pyridine rings is 1. The maximum absolute atomic E-state index is 12.4. The molecule has 1 heterocycles. The third-order valence-corrected chi connectivity index (χ3v) is 4.12. The monoisotopic (exact) mass is 390 g/mol. The van der Waals surface area contributed by atoms with Crippen molar-refractivity contribution in [3.63, 3.8) is 0 Å². The van der Waals surface area contributed by atoms with E-state index in [-0.39, 0.29) is 11.3 Å². The van der Waals surface area contributed by atoms with Gasteiger partial charge in [-0.05, 0) is 48.0 Å². The fraction of sp³-hybridized carbons (Fsp3) is 0.0476. The Labute approximate surface area is 166 Å². The number of nitriles is 1. The molecule has 0 saturated carbocycles. The van der Waals surface area contributed by atoms with Gasteiger partial charge in [0.25, 0.3) is 11.8 Å². The van der Waals surface area contributed by atoms with Crippen LogP contribution in [-0.2, 0) is 6.54 Å². The summed E-state index contributed by atoms with van der Waals surface area (Å²) in [4.78, 5) is 28.8. The molecule has 0 saturated heterocycles. The van der Waals surface area contributed by atoms with Crippen LogP contribution in [0.4, 0.5) is 5.69 Å². The predicted octanol–water partition coefficient (Wildman–Crippen LogP) is 3.79. The maximum atomic E-state index is 12.4. The van der Waals surface area contributed by atoms with Crippen molar-refractivity contribution in [3.8, 4) is 6.07 Å². The SMILES string of the molecule is N#Cc1cccc(NC(=O)c2ccnc(C(=O)NCc3ccc(Cl)cc3)c2)c1. The molecular formula is C21H15ClN4O2. The molecule has 0 atom stereocenters. The number of anilines is 1. The fourth-order valence-corrected chi connectivity index (χ4v) is 2.57. The van der Waals surface area contributed by atoms with Gasteiger partial charge in [0.2, 0.25) is 0 Å². The molecule has 138 valence electrons. The number of nitrogens with zero attached hydrogens (tertiary/aromatic N) is 2. The molecule has 0 bridgehead atoms. The maximum Gasteiger partial charge on any atom is 0.270 e. The van der Waals surface area contributed by atoms with E-state index in [0.29, 0.717) is 22.8 Å². The third kappa shape index (κ3) is 4.93. The second-order valence-electron chi connectivity index (χ2n) is 5.89. The van der Waals surface area contributed by atoms with Gasteiger partial charge in [-0.25, -0.2) is 0 Å². The van der Waals surface area contributed by atoms with E-state index in [0.717, 1.165) is 5.56 Å². The highest BCUT2D eigenvalue weighted by Gasteiger charge is 2.12. The molecule has 2 N–H and O–H groups in total. The van der Waals surface area contributed by atoms with E-state index in [2.05, 4.69) is 15.6 Å². The second-order valence-corrected chi connectivity index (χ2v) is 6.32. The van der Waals surface area contributed by atoms with Crippen LogP contribution in [-0.4, -0.2) is 16.8 Å². The number of halogens is 1. The van der Waals surface area contributed by atoms with Crippen molar-refractivity contribution in [3.05, 3.63) is 94.3 Å². The Morgan fingerprint density at radius 3 is 2.57 bits per heavy atom. The smallest absolute Gasteiger partial charge is 0.270 e. The van der Waals surface area contributed by atoms with Crippen LogP contribution < -0.4 is 10.6 Å². The number of rotatable bonds is 5. The first kappa shape index (κ1) is 19.1. The fourth-order valence-electron chi connectivity index (χ4n) is 2.44. The van der Waals surface area contributed by atoms with Gasteiger partial charge in [0.15, 0.2) is 0 Å². The summed E-state index contributed by atoms with van der Waals surface area (Å²) >= 11 is 5.84. The molecule has 0 radical (unpaired) electrons. The Balaban J connectivity index is 1.66. The summed E-state index contributed by atoms with van der Waals surface area (Å²) < 4.78 is 0. The Morgan fingerprint density at radius 1 is 1.04 bits per heavy atom. The summed E-state index contributed by atoms with van der Waals surface area (Å²) in [6.07, 6.45) is 1.40. The lowest BCUT2D eigenvalue weighted by atomic mass is 10.1. The molecule has 0 fully saturated rings. The van der Waals surface area contributed by atoms with Gasteiger partial charge >= 0.3 is 0 Å². The van der Waals surface area contributed by atoms with Gasteiger partial charge in [-0.1, -0.05) is 29.8 Å². The average Bonchev–Trinajstić information content (AvgIpc) is 2.73. The van der Waals surface area contributed by atoms with Gasteiger partial charge in [-0.15, -0.1) is 0 Å². The summed E-state index contributed by atoms with van der Waals surface area (Å²) in [5.74, 6) is -0.791. The van der Waals surface area contributed by atoms with Gasteiger partial charge in [0, 0.05) is 29.0 Å². The van der Waals surface area contributed by atoms with Crippen LogP contribution in [0.2, 0.25) is 5.02 Å². The number of carbonyl (C=O) groups is 2. The van der Waals surface area contributed by atoms with Crippen LogP contribution >= 0.6 is 11.6 Å². The van der Waals surface area contributed by atoms with Crippen LogP contribution in [0.1, 0.15) is 32.0 Å². The van der Waals surface area contributed by atoms with Gasteiger partial charge < -0.3 is 10.6 Å². The Kier molecular flexibility index (Phi) is 6.00. The number of amides is 2. The van der Waals surface area contributed by atoms with E-state index in [4.69, 9.17) is 16.9 Å². The van der Waals surface area contributed by atoms with Crippen LogP contribution in [0.5, 0.6) is 0 Å². The zero-order chi connectivity index (χ0) is 19.9. The van der Waals surface area contributed by atoms with Gasteiger partial charge in [-0.2, -0.15) is 5.26 Å². The van der Waals surface area contributed by atoms with Crippen molar-refractivity contribution in [1.29, 1.82) is 5.26 Å². The number of hydrogen-bond donors (Lipinski definition) is 2. The molecule has 7 heteroatoms. The number of carbonyl (C=O) groups excluding carboxylic acids is 2. The molecule has 6 nitrogen and oxygen atoms in total. The molecule has 0 aliphatic carbocycles. The molecule has 28 heavy (non-hydrogen) atoms. The summed E-state index contributed by atoms with van der Waals surface area (Å²) in [7, 11) is 0. The molecule has 0 spiro atoms. The lowest BCUT2D eigenvalue weighted by molar-refractivity contribution is 0.0946. The van der Waals surface area contributed by atoms with Crippen molar-refractivity contribution >= 4 is 29.1 Å². The Bertz CT molecular complexity index is 1060. The largest absolute Gasteiger partial charge is 0.347 e. The van der Waals surface area contributed by atoms with Crippen molar-refractivity contribution < 1.29 is 9.59 Å². The van der Waals surface area contributed by atoms with E-state index in [1.807, 2.05) is 18.2 Å². The normalized spacial score (nSPS) is 10.0. The second kappa shape index (κ2) is 8.80. The molecule has 0 aliphatic heterocycles. The standard InChI is InChI=1S/C21H15ClN4O2/c22-17-6-4-14(5-7-17)13-25-21(28)19-11-16(8-9-24-19)20(27)26-18-3-1-2-15(10-18)12-23/h1-11H,13H2,(H,25,28)(H,26,27). The summed E-state index contributed by atoms with van der Waals surface area (Å²) in [5, 5.41) is 15.0. The minimum Gasteiger partial charge on any atom is -0.347 e. The van der Waals surface area contributed by atoms with Crippen molar-refractivity contribution in [2.45, 2.75) is 6.54 Å². The number of benzene rings is 2. The van der Waals surface area contributed by atoms with Crippen LogP contribution in [0.15, 0.2) is 66.9 Å². The van der Waals surface area contributed by atoms with Gasteiger partial charge in [0.05, 0.1) is 11.6 Å².